The Morgan fingerprint density at radius 3 is 2.94 bits per heavy atom. The smallest absolute Gasteiger partial charge is 0.196 e. The van der Waals surface area contributed by atoms with Crippen molar-refractivity contribution in [2.24, 2.45) is 5.92 Å². The fourth-order valence-electron chi connectivity index (χ4n) is 2.15. The maximum atomic E-state index is 11.1. The van der Waals surface area contributed by atoms with Crippen molar-refractivity contribution in [1.29, 1.82) is 0 Å². The maximum absolute atomic E-state index is 11.1. The quantitative estimate of drug-likeness (QED) is 0.754. The standard InChI is InChI=1S/C13H19NO3/c1-10(15)12-5-6-13(17-12)14(2)8-11-4-3-7-16-9-11/h5-6,11H,3-4,7-9H2,1-2H3. The molecule has 1 saturated heterocycles. The molecule has 0 spiro atoms. The molecule has 2 rings (SSSR count). The Hall–Kier alpha value is -1.29. The van der Waals surface area contributed by atoms with Crippen LogP contribution in [-0.4, -0.2) is 32.6 Å². The summed E-state index contributed by atoms with van der Waals surface area (Å²) in [5, 5.41) is 0. The summed E-state index contributed by atoms with van der Waals surface area (Å²) in [4.78, 5) is 13.2. The molecule has 1 atom stereocenters. The highest BCUT2D eigenvalue weighted by Gasteiger charge is 2.18. The third-order valence-corrected chi connectivity index (χ3v) is 3.10. The first-order valence-electron chi connectivity index (χ1n) is 6.06. The van der Waals surface area contributed by atoms with Crippen molar-refractivity contribution in [3.8, 4) is 0 Å². The maximum Gasteiger partial charge on any atom is 0.196 e. The Labute approximate surface area is 102 Å². The van der Waals surface area contributed by atoms with Gasteiger partial charge in [0.1, 0.15) is 0 Å². The van der Waals surface area contributed by atoms with Crippen LogP contribution in [0.4, 0.5) is 5.88 Å². The normalized spacial score (nSPS) is 20.2. The van der Waals surface area contributed by atoms with Gasteiger partial charge in [0.15, 0.2) is 17.4 Å². The van der Waals surface area contributed by atoms with Crippen LogP contribution in [0.2, 0.25) is 0 Å². The van der Waals surface area contributed by atoms with Crippen LogP contribution in [0.25, 0.3) is 0 Å². The van der Waals surface area contributed by atoms with E-state index in [1.54, 1.807) is 6.07 Å². The SMILES string of the molecule is CC(=O)c1ccc(N(C)CC2CCCOC2)o1. The summed E-state index contributed by atoms with van der Waals surface area (Å²) in [6.07, 6.45) is 2.33. The second-order valence-electron chi connectivity index (χ2n) is 4.66. The van der Waals surface area contributed by atoms with E-state index in [4.69, 9.17) is 9.15 Å². The zero-order valence-corrected chi connectivity index (χ0v) is 10.4. The lowest BCUT2D eigenvalue weighted by Crippen LogP contribution is -2.30. The number of nitrogens with zero attached hydrogens (tertiary/aromatic N) is 1. The molecule has 1 aromatic rings. The first-order valence-corrected chi connectivity index (χ1v) is 6.06. The fraction of sp³-hybridized carbons (Fsp3) is 0.615. The monoisotopic (exact) mass is 237 g/mol. The van der Waals surface area contributed by atoms with Gasteiger partial charge in [-0.3, -0.25) is 4.79 Å². The van der Waals surface area contributed by atoms with E-state index in [0.29, 0.717) is 11.7 Å². The number of ether oxygens (including phenoxy) is 1. The summed E-state index contributed by atoms with van der Waals surface area (Å²) < 4.78 is 10.9. The predicted molar refractivity (Wildman–Crippen MR) is 65.5 cm³/mol. The average molecular weight is 237 g/mol. The number of ketones is 1. The lowest BCUT2D eigenvalue weighted by Gasteiger charge is -2.26. The van der Waals surface area contributed by atoms with Crippen molar-refractivity contribution in [2.45, 2.75) is 19.8 Å². The molecule has 1 unspecified atom stereocenters. The number of rotatable bonds is 4. The van der Waals surface area contributed by atoms with Gasteiger partial charge in [0.25, 0.3) is 0 Å². The number of hydrogen-bond acceptors (Lipinski definition) is 4. The number of carbonyl (C=O) groups excluding carboxylic acids is 1. The lowest BCUT2D eigenvalue weighted by molar-refractivity contribution is 0.0574. The van der Waals surface area contributed by atoms with Gasteiger partial charge in [-0.05, 0) is 24.8 Å². The van der Waals surface area contributed by atoms with E-state index in [0.717, 1.165) is 32.1 Å². The third kappa shape index (κ3) is 3.09. The average Bonchev–Trinajstić information content (AvgIpc) is 2.79. The zero-order chi connectivity index (χ0) is 12.3. The van der Waals surface area contributed by atoms with Gasteiger partial charge in [-0.2, -0.15) is 0 Å². The summed E-state index contributed by atoms with van der Waals surface area (Å²) >= 11 is 0. The van der Waals surface area contributed by atoms with Crippen molar-refractivity contribution < 1.29 is 13.9 Å². The van der Waals surface area contributed by atoms with Gasteiger partial charge < -0.3 is 14.1 Å². The Morgan fingerprint density at radius 2 is 2.35 bits per heavy atom. The number of furan rings is 1. The molecule has 0 radical (unpaired) electrons. The Morgan fingerprint density at radius 1 is 1.53 bits per heavy atom. The van der Waals surface area contributed by atoms with Crippen LogP contribution in [-0.2, 0) is 4.74 Å². The molecular formula is C13H19NO3. The predicted octanol–water partition coefficient (Wildman–Crippen LogP) is 2.35. The molecule has 17 heavy (non-hydrogen) atoms. The molecule has 0 aliphatic carbocycles. The molecule has 0 bridgehead atoms. The van der Waals surface area contributed by atoms with Crippen molar-refractivity contribution in [3.63, 3.8) is 0 Å². The molecule has 0 amide bonds. The number of Topliss-reactive ketones (excluding diaryl/α,β-unsaturated/α-hetero) is 1. The van der Waals surface area contributed by atoms with E-state index < -0.39 is 0 Å². The van der Waals surface area contributed by atoms with Crippen LogP contribution < -0.4 is 4.90 Å². The van der Waals surface area contributed by atoms with Crippen molar-refractivity contribution in [1.82, 2.24) is 0 Å². The van der Waals surface area contributed by atoms with Crippen LogP contribution in [0.3, 0.4) is 0 Å². The van der Waals surface area contributed by atoms with Gasteiger partial charge in [0.2, 0.25) is 0 Å². The molecule has 4 nitrogen and oxygen atoms in total. The first-order chi connectivity index (χ1) is 8.16. The van der Waals surface area contributed by atoms with Gasteiger partial charge in [0, 0.05) is 33.2 Å². The van der Waals surface area contributed by atoms with Crippen LogP contribution in [0, 0.1) is 5.92 Å². The molecule has 0 aromatic carbocycles. The van der Waals surface area contributed by atoms with Gasteiger partial charge in [0.05, 0.1) is 6.61 Å². The molecule has 1 aliphatic heterocycles. The minimum atomic E-state index is -0.0364. The molecule has 2 heterocycles. The zero-order valence-electron chi connectivity index (χ0n) is 10.4. The van der Waals surface area contributed by atoms with E-state index in [2.05, 4.69) is 0 Å². The molecule has 1 aliphatic rings. The van der Waals surface area contributed by atoms with E-state index in [-0.39, 0.29) is 5.78 Å². The summed E-state index contributed by atoms with van der Waals surface area (Å²) in [5.41, 5.74) is 0. The molecule has 1 fully saturated rings. The van der Waals surface area contributed by atoms with E-state index in [1.165, 1.54) is 13.3 Å². The third-order valence-electron chi connectivity index (χ3n) is 3.10. The molecule has 94 valence electrons. The van der Waals surface area contributed by atoms with Crippen LogP contribution >= 0.6 is 0 Å². The Balaban J connectivity index is 1.93. The molecule has 1 aromatic heterocycles. The first kappa shape index (κ1) is 12.2. The minimum Gasteiger partial charge on any atom is -0.437 e. The van der Waals surface area contributed by atoms with Crippen LogP contribution in [0.15, 0.2) is 16.5 Å². The number of hydrogen-bond donors (Lipinski definition) is 0. The molecule has 0 saturated carbocycles. The van der Waals surface area contributed by atoms with Crippen LogP contribution in [0.1, 0.15) is 30.3 Å². The Bertz CT molecular complexity index is 380. The fourth-order valence-corrected chi connectivity index (χ4v) is 2.15. The summed E-state index contributed by atoms with van der Waals surface area (Å²) in [7, 11) is 1.98. The number of anilines is 1. The van der Waals surface area contributed by atoms with Crippen molar-refractivity contribution >= 4 is 11.7 Å². The molecule has 4 heteroatoms. The van der Waals surface area contributed by atoms with Crippen molar-refractivity contribution in [3.05, 3.63) is 17.9 Å². The molecule has 0 N–H and O–H groups in total. The van der Waals surface area contributed by atoms with Crippen molar-refractivity contribution in [2.75, 3.05) is 31.7 Å². The summed E-state index contributed by atoms with van der Waals surface area (Å²) in [6, 6.07) is 3.58. The minimum absolute atomic E-state index is 0.0364. The van der Waals surface area contributed by atoms with Gasteiger partial charge >= 0.3 is 0 Å². The van der Waals surface area contributed by atoms with Gasteiger partial charge in [-0.1, -0.05) is 0 Å². The van der Waals surface area contributed by atoms with Gasteiger partial charge in [-0.25, -0.2) is 0 Å². The highest BCUT2D eigenvalue weighted by atomic mass is 16.5. The van der Waals surface area contributed by atoms with Gasteiger partial charge in [-0.15, -0.1) is 0 Å². The second kappa shape index (κ2) is 5.36. The summed E-state index contributed by atoms with van der Waals surface area (Å²) in [5.74, 6) is 1.69. The molecular weight excluding hydrogens is 218 g/mol. The summed E-state index contributed by atoms with van der Waals surface area (Å²) in [6.45, 7) is 4.13. The second-order valence-corrected chi connectivity index (χ2v) is 4.66. The highest BCUT2D eigenvalue weighted by Crippen LogP contribution is 2.21. The topological polar surface area (TPSA) is 42.7 Å². The Kier molecular flexibility index (Phi) is 3.84. The van der Waals surface area contributed by atoms with E-state index >= 15 is 0 Å². The lowest BCUT2D eigenvalue weighted by atomic mass is 10.0. The van der Waals surface area contributed by atoms with E-state index in [9.17, 15) is 4.79 Å². The number of carbonyl (C=O) groups is 1. The highest BCUT2D eigenvalue weighted by molar-refractivity contribution is 5.91. The van der Waals surface area contributed by atoms with Crippen LogP contribution in [0.5, 0.6) is 0 Å². The van der Waals surface area contributed by atoms with E-state index in [1.807, 2.05) is 18.0 Å². The largest absolute Gasteiger partial charge is 0.437 e.